The number of benzene rings is 1. The molecule has 1 amide bonds. The number of likely N-dealkylation sites (tertiary alicyclic amines) is 1. The topological polar surface area (TPSA) is 46.6 Å². The van der Waals surface area contributed by atoms with Crippen LogP contribution in [0.3, 0.4) is 0 Å². The van der Waals surface area contributed by atoms with Crippen LogP contribution in [0.2, 0.25) is 0 Å². The van der Waals surface area contributed by atoms with Crippen molar-refractivity contribution in [2.75, 3.05) is 20.2 Å². The quantitative estimate of drug-likeness (QED) is 0.845. The van der Waals surface area contributed by atoms with Gasteiger partial charge in [-0.05, 0) is 25.8 Å². The molecule has 0 bridgehead atoms. The van der Waals surface area contributed by atoms with Gasteiger partial charge in [0, 0.05) is 24.6 Å². The first-order chi connectivity index (χ1) is 9.61. The van der Waals surface area contributed by atoms with Gasteiger partial charge in [0.05, 0.1) is 13.5 Å². The molecule has 1 fully saturated rings. The van der Waals surface area contributed by atoms with E-state index in [1.165, 1.54) is 0 Å². The number of ketones is 1. The zero-order valence-corrected chi connectivity index (χ0v) is 12.1. The highest BCUT2D eigenvalue weighted by atomic mass is 16.5. The van der Waals surface area contributed by atoms with Crippen molar-refractivity contribution in [3.8, 4) is 5.75 Å². The molecule has 20 heavy (non-hydrogen) atoms. The Balaban J connectivity index is 1.94. The summed E-state index contributed by atoms with van der Waals surface area (Å²) in [7, 11) is 1.61. The first kappa shape index (κ1) is 14.6. The smallest absolute Gasteiger partial charge is 0.227 e. The third-order valence-electron chi connectivity index (χ3n) is 3.96. The fraction of sp³-hybridized carbons (Fsp3) is 0.500. The predicted octanol–water partition coefficient (Wildman–Crippen LogP) is 2.07. The molecule has 4 nitrogen and oxygen atoms in total. The number of hydrogen-bond acceptors (Lipinski definition) is 3. The van der Waals surface area contributed by atoms with Crippen molar-refractivity contribution in [3.63, 3.8) is 0 Å². The number of methoxy groups -OCH3 is 1. The Morgan fingerprint density at radius 2 is 1.90 bits per heavy atom. The van der Waals surface area contributed by atoms with Crippen molar-refractivity contribution in [1.82, 2.24) is 4.90 Å². The summed E-state index contributed by atoms with van der Waals surface area (Å²) in [6.07, 6.45) is 1.93. The maximum Gasteiger partial charge on any atom is 0.227 e. The maximum atomic E-state index is 12.3. The molecule has 0 unspecified atom stereocenters. The average Bonchev–Trinajstić information content (AvgIpc) is 2.48. The number of amides is 1. The number of ether oxygens (including phenoxy) is 1. The number of nitrogens with zero attached hydrogens (tertiary/aromatic N) is 1. The van der Waals surface area contributed by atoms with E-state index in [9.17, 15) is 9.59 Å². The van der Waals surface area contributed by atoms with Crippen LogP contribution in [0.1, 0.15) is 25.3 Å². The van der Waals surface area contributed by atoms with Crippen LogP contribution in [-0.2, 0) is 16.0 Å². The third kappa shape index (κ3) is 3.38. The summed E-state index contributed by atoms with van der Waals surface area (Å²) in [5.74, 6) is 1.23. The summed E-state index contributed by atoms with van der Waals surface area (Å²) < 4.78 is 5.27. The van der Waals surface area contributed by atoms with Crippen LogP contribution in [0.4, 0.5) is 0 Å². The van der Waals surface area contributed by atoms with Crippen molar-refractivity contribution in [1.29, 1.82) is 0 Å². The fourth-order valence-electron chi connectivity index (χ4n) is 2.66. The molecule has 1 aromatic carbocycles. The normalized spacial score (nSPS) is 16.0. The molecular weight excluding hydrogens is 254 g/mol. The predicted molar refractivity (Wildman–Crippen MR) is 76.7 cm³/mol. The summed E-state index contributed by atoms with van der Waals surface area (Å²) in [6.45, 7) is 2.99. The third-order valence-corrected chi connectivity index (χ3v) is 3.96. The highest BCUT2D eigenvalue weighted by Crippen LogP contribution is 2.21. The second kappa shape index (κ2) is 6.55. The largest absolute Gasteiger partial charge is 0.496 e. The monoisotopic (exact) mass is 275 g/mol. The molecule has 1 aliphatic rings. The van der Waals surface area contributed by atoms with E-state index < -0.39 is 0 Å². The lowest BCUT2D eigenvalue weighted by Crippen LogP contribution is -2.40. The van der Waals surface area contributed by atoms with Crippen molar-refractivity contribution < 1.29 is 14.3 Å². The van der Waals surface area contributed by atoms with Crippen LogP contribution in [0.5, 0.6) is 5.75 Å². The fourth-order valence-corrected chi connectivity index (χ4v) is 2.66. The zero-order chi connectivity index (χ0) is 14.5. The number of rotatable bonds is 4. The van der Waals surface area contributed by atoms with Gasteiger partial charge in [-0.2, -0.15) is 0 Å². The van der Waals surface area contributed by atoms with Gasteiger partial charge in [-0.3, -0.25) is 9.59 Å². The molecule has 0 atom stereocenters. The van der Waals surface area contributed by atoms with Gasteiger partial charge in [0.1, 0.15) is 11.5 Å². The molecule has 0 spiro atoms. The second-order valence-electron chi connectivity index (χ2n) is 5.25. The molecule has 0 N–H and O–H groups in total. The molecule has 0 aromatic heterocycles. The Hall–Kier alpha value is -1.84. The maximum absolute atomic E-state index is 12.3. The lowest BCUT2D eigenvalue weighted by molar-refractivity contribution is -0.134. The van der Waals surface area contributed by atoms with Crippen LogP contribution >= 0.6 is 0 Å². The lowest BCUT2D eigenvalue weighted by atomic mass is 9.93. The van der Waals surface area contributed by atoms with E-state index in [4.69, 9.17) is 4.74 Å². The van der Waals surface area contributed by atoms with E-state index in [1.54, 1.807) is 14.0 Å². The van der Waals surface area contributed by atoms with Gasteiger partial charge in [0.15, 0.2) is 0 Å². The molecule has 2 rings (SSSR count). The molecule has 0 radical (unpaired) electrons. The van der Waals surface area contributed by atoms with E-state index in [0.717, 1.165) is 24.2 Å². The summed E-state index contributed by atoms with van der Waals surface area (Å²) in [6, 6.07) is 7.59. The highest BCUT2D eigenvalue weighted by molar-refractivity contribution is 5.81. The van der Waals surface area contributed by atoms with Crippen molar-refractivity contribution in [2.24, 2.45) is 5.92 Å². The molecule has 0 aliphatic carbocycles. The van der Waals surface area contributed by atoms with Crippen molar-refractivity contribution >= 4 is 11.7 Å². The van der Waals surface area contributed by atoms with E-state index in [-0.39, 0.29) is 17.6 Å². The number of Topliss-reactive ketones (excluding diaryl/α,β-unsaturated/α-hetero) is 1. The summed E-state index contributed by atoms with van der Waals surface area (Å²) in [4.78, 5) is 25.5. The minimum Gasteiger partial charge on any atom is -0.496 e. The molecular formula is C16H21NO3. The van der Waals surface area contributed by atoms with Crippen molar-refractivity contribution in [2.45, 2.75) is 26.2 Å². The van der Waals surface area contributed by atoms with Gasteiger partial charge >= 0.3 is 0 Å². The Bertz CT molecular complexity index is 490. The number of hydrogen-bond donors (Lipinski definition) is 0. The Morgan fingerprint density at radius 3 is 2.50 bits per heavy atom. The van der Waals surface area contributed by atoms with Crippen molar-refractivity contribution in [3.05, 3.63) is 29.8 Å². The first-order valence-electron chi connectivity index (χ1n) is 7.02. The van der Waals surface area contributed by atoms with Gasteiger partial charge < -0.3 is 9.64 Å². The standard InChI is InChI=1S/C16H21NO3/c1-12(18)13-7-9-17(10-8-13)16(19)11-14-5-3-4-6-15(14)20-2/h3-6,13H,7-11H2,1-2H3. The number of carbonyl (C=O) groups is 2. The van der Waals surface area contributed by atoms with Crippen LogP contribution in [0.15, 0.2) is 24.3 Å². The van der Waals surface area contributed by atoms with Gasteiger partial charge in [0.2, 0.25) is 5.91 Å². The van der Waals surface area contributed by atoms with Crippen LogP contribution in [0, 0.1) is 5.92 Å². The first-order valence-corrected chi connectivity index (χ1v) is 7.02. The van der Waals surface area contributed by atoms with Gasteiger partial charge in [-0.15, -0.1) is 0 Å². The van der Waals surface area contributed by atoms with E-state index in [1.807, 2.05) is 29.2 Å². The summed E-state index contributed by atoms with van der Waals surface area (Å²) in [5, 5.41) is 0. The molecule has 108 valence electrons. The van der Waals surface area contributed by atoms with Crippen LogP contribution in [-0.4, -0.2) is 36.8 Å². The Kier molecular flexibility index (Phi) is 4.77. The van der Waals surface area contributed by atoms with Crippen LogP contribution in [0.25, 0.3) is 0 Å². The summed E-state index contributed by atoms with van der Waals surface area (Å²) in [5.41, 5.74) is 0.911. The lowest BCUT2D eigenvalue weighted by Gasteiger charge is -2.31. The van der Waals surface area contributed by atoms with E-state index in [0.29, 0.717) is 19.5 Å². The minimum atomic E-state index is 0.108. The second-order valence-corrected chi connectivity index (χ2v) is 5.25. The number of carbonyl (C=O) groups excluding carboxylic acids is 2. The molecule has 1 heterocycles. The zero-order valence-electron chi connectivity index (χ0n) is 12.1. The molecule has 1 aliphatic heterocycles. The number of piperidine rings is 1. The Morgan fingerprint density at radius 1 is 1.25 bits per heavy atom. The van der Waals surface area contributed by atoms with E-state index in [2.05, 4.69) is 0 Å². The van der Waals surface area contributed by atoms with Gasteiger partial charge in [-0.25, -0.2) is 0 Å². The molecule has 1 saturated heterocycles. The van der Waals surface area contributed by atoms with Crippen LogP contribution < -0.4 is 4.74 Å². The SMILES string of the molecule is COc1ccccc1CC(=O)N1CCC(C(C)=O)CC1. The molecule has 1 aromatic rings. The average molecular weight is 275 g/mol. The minimum absolute atomic E-state index is 0.108. The van der Waals surface area contributed by atoms with Gasteiger partial charge in [0.25, 0.3) is 0 Å². The molecule has 0 saturated carbocycles. The Labute approximate surface area is 119 Å². The highest BCUT2D eigenvalue weighted by Gasteiger charge is 2.25. The summed E-state index contributed by atoms with van der Waals surface area (Å²) >= 11 is 0. The van der Waals surface area contributed by atoms with E-state index >= 15 is 0 Å². The van der Waals surface area contributed by atoms with Gasteiger partial charge in [-0.1, -0.05) is 18.2 Å². The number of para-hydroxylation sites is 1. The molecule has 4 heteroatoms.